The van der Waals surface area contributed by atoms with Gasteiger partial charge in [-0.2, -0.15) is 0 Å². The van der Waals surface area contributed by atoms with Crippen LogP contribution in [0.25, 0.3) is 0 Å². The van der Waals surface area contributed by atoms with Crippen LogP contribution >= 0.6 is 11.8 Å². The molecule has 0 aromatic carbocycles. The molecular formula is C9H14N6OS. The van der Waals surface area contributed by atoms with Crippen LogP contribution in [-0.2, 0) is 13.1 Å². The zero-order valence-electron chi connectivity index (χ0n) is 9.52. The minimum atomic E-state index is 0.0409. The first-order valence-electron chi connectivity index (χ1n) is 5.29. The number of nitrogens with zero attached hydrogens (tertiary/aromatic N) is 6. The first kappa shape index (κ1) is 12.1. The largest absolute Gasteiger partial charge is 0.394 e. The molecule has 7 nitrogen and oxygen atoms in total. The molecule has 0 spiro atoms. The summed E-state index contributed by atoms with van der Waals surface area (Å²) in [6, 6.07) is 0. The lowest BCUT2D eigenvalue weighted by molar-refractivity contribution is 0.262. The van der Waals surface area contributed by atoms with Gasteiger partial charge in [0.1, 0.15) is 5.82 Å². The molecule has 0 aliphatic rings. The molecule has 0 saturated heterocycles. The van der Waals surface area contributed by atoms with Gasteiger partial charge >= 0.3 is 0 Å². The van der Waals surface area contributed by atoms with Gasteiger partial charge in [-0.25, -0.2) is 9.67 Å². The van der Waals surface area contributed by atoms with Crippen molar-refractivity contribution in [3.63, 3.8) is 0 Å². The molecule has 17 heavy (non-hydrogen) atoms. The van der Waals surface area contributed by atoms with Crippen molar-refractivity contribution in [3.05, 3.63) is 18.2 Å². The predicted octanol–water partition coefficient (Wildman–Crippen LogP) is -0.0374. The minimum absolute atomic E-state index is 0.0409. The van der Waals surface area contributed by atoms with E-state index in [1.165, 1.54) is 0 Å². The lowest BCUT2D eigenvalue weighted by Crippen LogP contribution is -2.07. The van der Waals surface area contributed by atoms with Gasteiger partial charge in [-0.05, 0) is 17.4 Å². The van der Waals surface area contributed by atoms with Gasteiger partial charge in [-0.1, -0.05) is 11.8 Å². The van der Waals surface area contributed by atoms with Crippen LogP contribution in [0.3, 0.4) is 0 Å². The minimum Gasteiger partial charge on any atom is -0.394 e. The molecule has 2 aromatic rings. The molecule has 0 amide bonds. The van der Waals surface area contributed by atoms with E-state index in [9.17, 15) is 0 Å². The Hall–Kier alpha value is -1.41. The first-order chi connectivity index (χ1) is 8.31. The molecule has 1 N–H and O–H groups in total. The molecule has 8 heteroatoms. The van der Waals surface area contributed by atoms with Gasteiger partial charge in [-0.15, -0.1) is 5.10 Å². The van der Waals surface area contributed by atoms with Gasteiger partial charge in [0, 0.05) is 24.7 Å². The van der Waals surface area contributed by atoms with E-state index in [1.54, 1.807) is 22.6 Å². The maximum Gasteiger partial charge on any atom is 0.209 e. The number of rotatable bonds is 6. The van der Waals surface area contributed by atoms with Crippen molar-refractivity contribution in [2.75, 3.05) is 12.4 Å². The van der Waals surface area contributed by atoms with Gasteiger partial charge in [0.2, 0.25) is 5.16 Å². The second kappa shape index (κ2) is 5.78. The third kappa shape index (κ3) is 3.04. The van der Waals surface area contributed by atoms with Crippen molar-refractivity contribution >= 4 is 11.8 Å². The standard InChI is InChI=1S/C9H14N6OS/c1-8-10-2-3-14(8)5-7-17-9-11-12-13-15(9)4-6-16/h2-3,16H,4-7H2,1H3. The summed E-state index contributed by atoms with van der Waals surface area (Å²) in [7, 11) is 0. The SMILES string of the molecule is Cc1nccn1CCSc1nnnn1CCO. The third-order valence-corrected chi connectivity index (χ3v) is 3.24. The molecule has 2 heterocycles. The molecule has 0 saturated carbocycles. The van der Waals surface area contributed by atoms with Gasteiger partial charge in [0.05, 0.1) is 13.2 Å². The van der Waals surface area contributed by atoms with Crippen LogP contribution in [0.5, 0.6) is 0 Å². The zero-order chi connectivity index (χ0) is 12.1. The summed E-state index contributed by atoms with van der Waals surface area (Å²) < 4.78 is 3.68. The van der Waals surface area contributed by atoms with Gasteiger partial charge in [-0.3, -0.25) is 0 Å². The summed E-state index contributed by atoms with van der Waals surface area (Å²) in [6.45, 7) is 3.31. The fourth-order valence-corrected chi connectivity index (χ4v) is 2.25. The quantitative estimate of drug-likeness (QED) is 0.729. The summed E-state index contributed by atoms with van der Waals surface area (Å²) in [5, 5.41) is 20.9. The Morgan fingerprint density at radius 2 is 2.29 bits per heavy atom. The predicted molar refractivity (Wildman–Crippen MR) is 62.6 cm³/mol. The lowest BCUT2D eigenvalue weighted by atomic mass is 10.6. The van der Waals surface area contributed by atoms with Crippen LogP contribution in [0.15, 0.2) is 17.6 Å². The number of aryl methyl sites for hydroxylation is 2. The Bertz CT molecular complexity index is 468. The van der Waals surface area contributed by atoms with E-state index in [2.05, 4.69) is 25.1 Å². The molecule has 0 fully saturated rings. The molecule has 0 atom stereocenters. The second-order valence-corrected chi connectivity index (χ2v) is 4.49. The number of tetrazole rings is 1. The Balaban J connectivity index is 1.86. The Labute approximate surface area is 103 Å². The molecule has 0 unspecified atom stereocenters. The Kier molecular flexibility index (Phi) is 4.10. The number of imidazole rings is 1. The average molecular weight is 254 g/mol. The van der Waals surface area contributed by atoms with Crippen molar-refractivity contribution < 1.29 is 5.11 Å². The number of hydrogen-bond acceptors (Lipinski definition) is 6. The summed E-state index contributed by atoms with van der Waals surface area (Å²) in [6.07, 6.45) is 3.74. The van der Waals surface area contributed by atoms with E-state index in [0.717, 1.165) is 23.3 Å². The molecule has 0 bridgehead atoms. The number of aromatic nitrogens is 6. The smallest absolute Gasteiger partial charge is 0.209 e. The number of thioether (sulfide) groups is 1. The second-order valence-electron chi connectivity index (χ2n) is 3.42. The van der Waals surface area contributed by atoms with Crippen LogP contribution in [0.4, 0.5) is 0 Å². The van der Waals surface area contributed by atoms with Crippen molar-refractivity contribution in [1.29, 1.82) is 0 Å². The average Bonchev–Trinajstić information content (AvgIpc) is 2.90. The fraction of sp³-hybridized carbons (Fsp3) is 0.556. The molecule has 2 aromatic heterocycles. The van der Waals surface area contributed by atoms with Crippen molar-refractivity contribution in [3.8, 4) is 0 Å². The van der Waals surface area contributed by atoms with E-state index in [4.69, 9.17) is 5.11 Å². The zero-order valence-corrected chi connectivity index (χ0v) is 10.3. The summed E-state index contributed by atoms with van der Waals surface area (Å²) in [5.74, 6) is 1.86. The van der Waals surface area contributed by atoms with Crippen LogP contribution in [-0.4, -0.2) is 47.2 Å². The highest BCUT2D eigenvalue weighted by molar-refractivity contribution is 7.99. The van der Waals surface area contributed by atoms with E-state index >= 15 is 0 Å². The summed E-state index contributed by atoms with van der Waals surface area (Å²) in [5.41, 5.74) is 0. The molecular weight excluding hydrogens is 240 g/mol. The Morgan fingerprint density at radius 3 is 3.00 bits per heavy atom. The molecule has 0 radical (unpaired) electrons. The van der Waals surface area contributed by atoms with Gasteiger partial charge < -0.3 is 9.67 Å². The monoisotopic (exact) mass is 254 g/mol. The van der Waals surface area contributed by atoms with E-state index < -0.39 is 0 Å². The van der Waals surface area contributed by atoms with Crippen molar-refractivity contribution in [2.24, 2.45) is 0 Å². The topological polar surface area (TPSA) is 81.7 Å². The highest BCUT2D eigenvalue weighted by atomic mass is 32.2. The van der Waals surface area contributed by atoms with Crippen molar-refractivity contribution in [1.82, 2.24) is 29.8 Å². The molecule has 0 aliphatic heterocycles. The van der Waals surface area contributed by atoms with Gasteiger partial charge in [0.15, 0.2) is 0 Å². The number of aliphatic hydroxyl groups is 1. The van der Waals surface area contributed by atoms with Crippen LogP contribution < -0.4 is 0 Å². The maximum atomic E-state index is 8.84. The Morgan fingerprint density at radius 1 is 1.41 bits per heavy atom. The third-order valence-electron chi connectivity index (χ3n) is 2.30. The summed E-state index contributed by atoms with van der Waals surface area (Å²) in [4.78, 5) is 4.15. The number of aliphatic hydroxyl groups excluding tert-OH is 1. The van der Waals surface area contributed by atoms with Crippen molar-refractivity contribution in [2.45, 2.75) is 25.2 Å². The van der Waals surface area contributed by atoms with Crippen LogP contribution in [0.2, 0.25) is 0 Å². The van der Waals surface area contributed by atoms with Gasteiger partial charge in [0.25, 0.3) is 0 Å². The first-order valence-corrected chi connectivity index (χ1v) is 6.27. The fourth-order valence-electron chi connectivity index (χ4n) is 1.41. The summed E-state index contributed by atoms with van der Waals surface area (Å²) >= 11 is 1.57. The lowest BCUT2D eigenvalue weighted by Gasteiger charge is -2.04. The van der Waals surface area contributed by atoms with E-state index in [0.29, 0.717) is 6.54 Å². The highest BCUT2D eigenvalue weighted by Gasteiger charge is 2.06. The molecule has 2 rings (SSSR count). The number of hydrogen-bond donors (Lipinski definition) is 1. The highest BCUT2D eigenvalue weighted by Crippen LogP contribution is 2.13. The van der Waals surface area contributed by atoms with Crippen LogP contribution in [0, 0.1) is 6.92 Å². The maximum absolute atomic E-state index is 8.84. The normalized spacial score (nSPS) is 10.9. The van der Waals surface area contributed by atoms with E-state index in [-0.39, 0.29) is 6.61 Å². The molecule has 0 aliphatic carbocycles. The van der Waals surface area contributed by atoms with Crippen LogP contribution in [0.1, 0.15) is 5.82 Å². The van der Waals surface area contributed by atoms with E-state index in [1.807, 2.05) is 13.1 Å². The molecule has 92 valence electrons.